The lowest BCUT2D eigenvalue weighted by Crippen LogP contribution is -1.99. The zero-order valence-corrected chi connectivity index (χ0v) is 10.5. The molecular weight excluding hydrogens is 222 g/mol. The van der Waals surface area contributed by atoms with E-state index in [1.54, 1.807) is 24.0 Å². The Hall–Kier alpha value is -1.03. The van der Waals surface area contributed by atoms with Crippen LogP contribution in [0.4, 0.5) is 0 Å². The van der Waals surface area contributed by atoms with Gasteiger partial charge in [-0.1, -0.05) is 26.7 Å². The minimum absolute atomic E-state index is 0.306. The molecule has 1 atom stereocenters. The highest BCUT2D eigenvalue weighted by Gasteiger charge is 2.06. The number of nitrogens with zero attached hydrogens (tertiary/aromatic N) is 1. The average molecular weight is 239 g/mol. The Morgan fingerprint density at radius 3 is 3.00 bits per heavy atom. The topological polar surface area (TPSA) is 50.2 Å². The quantitative estimate of drug-likeness (QED) is 0.774. The molecule has 0 radical (unpaired) electrons. The second-order valence-electron chi connectivity index (χ2n) is 3.89. The molecule has 1 rings (SSSR count). The van der Waals surface area contributed by atoms with Crippen LogP contribution in [0.2, 0.25) is 0 Å². The van der Waals surface area contributed by atoms with E-state index in [1.807, 2.05) is 0 Å². The standard InChI is InChI=1S/C12H17NO2S/c1-3-4-9(2)8-16-11-7-10(12(14)15)5-6-13-11/h5-7,9H,3-4,8H2,1-2H3,(H,14,15). The Balaban J connectivity index is 2.54. The van der Waals surface area contributed by atoms with Gasteiger partial charge in [-0.3, -0.25) is 0 Å². The van der Waals surface area contributed by atoms with E-state index in [9.17, 15) is 4.79 Å². The smallest absolute Gasteiger partial charge is 0.335 e. The van der Waals surface area contributed by atoms with E-state index in [0.717, 1.165) is 10.8 Å². The lowest BCUT2D eigenvalue weighted by Gasteiger charge is -2.08. The van der Waals surface area contributed by atoms with Crippen molar-refractivity contribution in [1.82, 2.24) is 4.98 Å². The number of aromatic nitrogens is 1. The molecule has 0 saturated carbocycles. The largest absolute Gasteiger partial charge is 0.478 e. The molecule has 1 heterocycles. The van der Waals surface area contributed by atoms with E-state index in [4.69, 9.17) is 5.11 Å². The maximum Gasteiger partial charge on any atom is 0.335 e. The highest BCUT2D eigenvalue weighted by Crippen LogP contribution is 2.21. The van der Waals surface area contributed by atoms with Crippen molar-refractivity contribution in [3.8, 4) is 0 Å². The van der Waals surface area contributed by atoms with Gasteiger partial charge >= 0.3 is 5.97 Å². The summed E-state index contributed by atoms with van der Waals surface area (Å²) in [5.74, 6) is 0.736. The summed E-state index contributed by atoms with van der Waals surface area (Å²) in [6.07, 6.45) is 3.94. The van der Waals surface area contributed by atoms with E-state index in [-0.39, 0.29) is 0 Å². The van der Waals surface area contributed by atoms with E-state index in [2.05, 4.69) is 18.8 Å². The van der Waals surface area contributed by atoms with Crippen LogP contribution in [0.1, 0.15) is 37.0 Å². The molecule has 0 aliphatic rings. The maximum atomic E-state index is 10.8. The van der Waals surface area contributed by atoms with Crippen LogP contribution >= 0.6 is 11.8 Å². The molecule has 0 aliphatic carbocycles. The molecule has 0 fully saturated rings. The number of rotatable bonds is 6. The Labute approximate surface area is 100 Å². The Kier molecular flexibility index (Phi) is 5.32. The normalized spacial score (nSPS) is 12.4. The minimum atomic E-state index is -0.897. The summed E-state index contributed by atoms with van der Waals surface area (Å²) < 4.78 is 0. The SMILES string of the molecule is CCCC(C)CSc1cc(C(=O)O)ccn1. The van der Waals surface area contributed by atoms with Gasteiger partial charge < -0.3 is 5.11 Å². The van der Waals surface area contributed by atoms with Crippen molar-refractivity contribution in [2.75, 3.05) is 5.75 Å². The highest BCUT2D eigenvalue weighted by molar-refractivity contribution is 7.99. The third-order valence-electron chi connectivity index (χ3n) is 2.28. The Bertz CT molecular complexity index is 355. The van der Waals surface area contributed by atoms with Crippen molar-refractivity contribution in [3.05, 3.63) is 23.9 Å². The van der Waals surface area contributed by atoms with E-state index < -0.39 is 5.97 Å². The number of carboxylic acids is 1. The summed E-state index contributed by atoms with van der Waals surface area (Å²) in [6, 6.07) is 3.15. The van der Waals surface area contributed by atoms with Gasteiger partial charge in [0.1, 0.15) is 0 Å². The van der Waals surface area contributed by atoms with Crippen molar-refractivity contribution in [2.45, 2.75) is 31.7 Å². The molecule has 1 N–H and O–H groups in total. The molecule has 0 aromatic carbocycles. The molecule has 0 saturated heterocycles. The van der Waals surface area contributed by atoms with E-state index >= 15 is 0 Å². The molecule has 1 aromatic heterocycles. The second-order valence-corrected chi connectivity index (χ2v) is 4.93. The molecule has 4 heteroatoms. The monoisotopic (exact) mass is 239 g/mol. The third kappa shape index (κ3) is 4.23. The number of aromatic carboxylic acids is 1. The second kappa shape index (κ2) is 6.53. The van der Waals surface area contributed by atoms with Gasteiger partial charge in [0.05, 0.1) is 10.6 Å². The highest BCUT2D eigenvalue weighted by atomic mass is 32.2. The zero-order valence-electron chi connectivity index (χ0n) is 9.64. The van der Waals surface area contributed by atoms with Crippen LogP contribution in [0.15, 0.2) is 23.4 Å². The lowest BCUT2D eigenvalue weighted by atomic mass is 10.1. The molecule has 3 nitrogen and oxygen atoms in total. The summed E-state index contributed by atoms with van der Waals surface area (Å²) in [5.41, 5.74) is 0.306. The molecule has 16 heavy (non-hydrogen) atoms. The van der Waals surface area contributed by atoms with Crippen molar-refractivity contribution < 1.29 is 9.90 Å². The predicted octanol–water partition coefficient (Wildman–Crippen LogP) is 3.31. The first kappa shape index (κ1) is 13.0. The molecule has 0 spiro atoms. The molecule has 0 aliphatic heterocycles. The van der Waals surface area contributed by atoms with Gasteiger partial charge in [0.25, 0.3) is 0 Å². The van der Waals surface area contributed by atoms with Crippen LogP contribution < -0.4 is 0 Å². The van der Waals surface area contributed by atoms with E-state index in [0.29, 0.717) is 11.5 Å². The molecule has 1 aromatic rings. The number of hydrogen-bond donors (Lipinski definition) is 1. The van der Waals surface area contributed by atoms with Crippen LogP contribution in [-0.2, 0) is 0 Å². The maximum absolute atomic E-state index is 10.8. The average Bonchev–Trinajstić information content (AvgIpc) is 2.27. The molecule has 1 unspecified atom stereocenters. The molecule has 0 amide bonds. The van der Waals surface area contributed by atoms with Gasteiger partial charge in [-0.15, -0.1) is 11.8 Å². The minimum Gasteiger partial charge on any atom is -0.478 e. The van der Waals surface area contributed by atoms with Crippen LogP contribution in [0, 0.1) is 5.92 Å². The number of pyridine rings is 1. The lowest BCUT2D eigenvalue weighted by molar-refractivity contribution is 0.0696. The van der Waals surface area contributed by atoms with Crippen molar-refractivity contribution >= 4 is 17.7 Å². The van der Waals surface area contributed by atoms with Crippen LogP contribution in [-0.4, -0.2) is 21.8 Å². The number of carboxylic acid groups (broad SMARTS) is 1. The van der Waals surface area contributed by atoms with Crippen LogP contribution in [0.5, 0.6) is 0 Å². The van der Waals surface area contributed by atoms with Gasteiger partial charge in [-0.2, -0.15) is 0 Å². The summed E-state index contributed by atoms with van der Waals surface area (Å²) >= 11 is 1.63. The Morgan fingerprint density at radius 2 is 2.38 bits per heavy atom. The van der Waals surface area contributed by atoms with Crippen molar-refractivity contribution in [2.24, 2.45) is 5.92 Å². The van der Waals surface area contributed by atoms with Crippen molar-refractivity contribution in [1.29, 1.82) is 0 Å². The summed E-state index contributed by atoms with van der Waals surface area (Å²) in [6.45, 7) is 4.38. The van der Waals surface area contributed by atoms with Crippen LogP contribution in [0.25, 0.3) is 0 Å². The third-order valence-corrected chi connectivity index (χ3v) is 3.53. The first-order valence-corrected chi connectivity index (χ1v) is 6.44. The van der Waals surface area contributed by atoms with Gasteiger partial charge in [-0.25, -0.2) is 9.78 Å². The first-order chi connectivity index (χ1) is 7.63. The van der Waals surface area contributed by atoms with Gasteiger partial charge in [0, 0.05) is 11.9 Å². The summed E-state index contributed by atoms with van der Waals surface area (Å²) in [4.78, 5) is 14.9. The Morgan fingerprint density at radius 1 is 1.62 bits per heavy atom. The van der Waals surface area contributed by atoms with Gasteiger partial charge in [0.2, 0.25) is 0 Å². The molecular formula is C12H17NO2S. The predicted molar refractivity (Wildman–Crippen MR) is 66.0 cm³/mol. The van der Waals surface area contributed by atoms with Gasteiger partial charge in [0.15, 0.2) is 0 Å². The zero-order chi connectivity index (χ0) is 12.0. The van der Waals surface area contributed by atoms with E-state index in [1.165, 1.54) is 18.9 Å². The fourth-order valence-corrected chi connectivity index (χ4v) is 2.39. The number of carbonyl (C=O) groups is 1. The molecule has 0 bridgehead atoms. The van der Waals surface area contributed by atoms with Crippen molar-refractivity contribution in [3.63, 3.8) is 0 Å². The van der Waals surface area contributed by atoms with Gasteiger partial charge in [-0.05, 0) is 18.1 Å². The summed E-state index contributed by atoms with van der Waals surface area (Å²) in [5, 5.41) is 9.63. The fourth-order valence-electron chi connectivity index (χ4n) is 1.43. The summed E-state index contributed by atoms with van der Waals surface area (Å²) in [7, 11) is 0. The first-order valence-electron chi connectivity index (χ1n) is 5.45. The number of hydrogen-bond acceptors (Lipinski definition) is 3. The number of thioether (sulfide) groups is 1. The van der Waals surface area contributed by atoms with Crippen LogP contribution in [0.3, 0.4) is 0 Å². The molecule has 88 valence electrons. The fraction of sp³-hybridized carbons (Fsp3) is 0.500.